The van der Waals surface area contributed by atoms with Crippen LogP contribution in [0, 0.1) is 0 Å². The molecule has 2 heterocycles. The van der Waals surface area contributed by atoms with E-state index in [1.165, 1.54) is 65.9 Å². The molecule has 9 rings (SSSR count). The molecule has 0 aliphatic carbocycles. The Kier molecular flexibility index (Phi) is 6.00. The molecule has 0 bridgehead atoms. The molecule has 46 heavy (non-hydrogen) atoms. The van der Waals surface area contributed by atoms with Crippen molar-refractivity contribution in [3.63, 3.8) is 0 Å². The summed E-state index contributed by atoms with van der Waals surface area (Å²) >= 11 is 0. The second kappa shape index (κ2) is 10.5. The van der Waals surface area contributed by atoms with Gasteiger partial charge in [-0.05, 0) is 76.3 Å². The molecular formula is C44H30N2. The number of benzene rings is 7. The van der Waals surface area contributed by atoms with Gasteiger partial charge in [0.1, 0.15) is 0 Å². The van der Waals surface area contributed by atoms with Gasteiger partial charge in [0.05, 0.1) is 22.1 Å². The molecule has 216 valence electrons. The average Bonchev–Trinajstić information content (AvgIpc) is 3.64. The fraction of sp³-hybridized carbons (Fsp3) is 0. The van der Waals surface area contributed by atoms with E-state index in [2.05, 4.69) is 180 Å². The number of aromatic nitrogens is 2. The zero-order valence-corrected chi connectivity index (χ0v) is 25.3. The smallest absolute Gasteiger partial charge is 0.0547 e. The molecule has 2 heteroatoms. The van der Waals surface area contributed by atoms with Crippen molar-refractivity contribution in [2.45, 2.75) is 0 Å². The number of nitrogens with zero attached hydrogens (tertiary/aromatic N) is 2. The lowest BCUT2D eigenvalue weighted by atomic mass is 9.91. The Bertz CT molecular complexity index is 2410. The number of fused-ring (bicyclic) bond motifs is 6. The molecule has 0 fully saturated rings. The molecule has 0 spiro atoms. The third kappa shape index (κ3) is 3.97. The maximum atomic E-state index is 4.32. The SMILES string of the molecule is C=Cc1c(-c2ccc3c4ccccc4n(-c4ccccc4)c3c2)cccc1-c1ccc2c3ccccc3n(-c3ccccc3)c2c1. The predicted molar refractivity (Wildman–Crippen MR) is 196 cm³/mol. The van der Waals surface area contributed by atoms with Crippen LogP contribution in [0.2, 0.25) is 0 Å². The minimum absolute atomic E-state index is 1.13. The van der Waals surface area contributed by atoms with Gasteiger partial charge in [0.15, 0.2) is 0 Å². The van der Waals surface area contributed by atoms with Crippen LogP contribution < -0.4 is 0 Å². The summed E-state index contributed by atoms with van der Waals surface area (Å²) in [7, 11) is 0. The van der Waals surface area contributed by atoms with Crippen LogP contribution >= 0.6 is 0 Å². The van der Waals surface area contributed by atoms with Gasteiger partial charge in [0, 0.05) is 32.9 Å². The Morgan fingerprint density at radius 3 is 1.24 bits per heavy atom. The van der Waals surface area contributed by atoms with E-state index < -0.39 is 0 Å². The van der Waals surface area contributed by atoms with Crippen LogP contribution in [0.15, 0.2) is 170 Å². The van der Waals surface area contributed by atoms with Crippen LogP contribution in [0.3, 0.4) is 0 Å². The highest BCUT2D eigenvalue weighted by Crippen LogP contribution is 2.40. The van der Waals surface area contributed by atoms with E-state index in [0.717, 1.165) is 16.9 Å². The van der Waals surface area contributed by atoms with Crippen LogP contribution in [-0.2, 0) is 0 Å². The van der Waals surface area contributed by atoms with Gasteiger partial charge < -0.3 is 9.13 Å². The molecule has 0 aliphatic heterocycles. The van der Waals surface area contributed by atoms with Crippen LogP contribution in [0.4, 0.5) is 0 Å². The normalized spacial score (nSPS) is 11.6. The maximum absolute atomic E-state index is 4.32. The van der Waals surface area contributed by atoms with Gasteiger partial charge in [-0.3, -0.25) is 0 Å². The first-order chi connectivity index (χ1) is 22.8. The van der Waals surface area contributed by atoms with Crippen LogP contribution in [-0.4, -0.2) is 9.13 Å². The van der Waals surface area contributed by atoms with Crippen molar-refractivity contribution in [3.8, 4) is 33.6 Å². The van der Waals surface area contributed by atoms with Crippen molar-refractivity contribution in [1.82, 2.24) is 9.13 Å². The van der Waals surface area contributed by atoms with Crippen molar-refractivity contribution >= 4 is 49.7 Å². The van der Waals surface area contributed by atoms with Crippen molar-refractivity contribution in [3.05, 3.63) is 176 Å². The van der Waals surface area contributed by atoms with Gasteiger partial charge in [-0.15, -0.1) is 0 Å². The monoisotopic (exact) mass is 586 g/mol. The summed E-state index contributed by atoms with van der Waals surface area (Å²) in [5, 5.41) is 5.01. The lowest BCUT2D eigenvalue weighted by molar-refractivity contribution is 1.18. The summed E-state index contributed by atoms with van der Waals surface area (Å²) < 4.78 is 4.75. The standard InChI is InChI=1S/C44H30N2/c1-2-34-35(30-24-26-39-37-18-9-11-22-41(37)45(43(39)28-30)32-14-5-3-6-15-32)20-13-21-36(34)31-25-27-40-38-19-10-12-23-42(38)46(44(40)29-31)33-16-7-4-8-17-33/h2-29H,1H2. The first-order valence-corrected chi connectivity index (χ1v) is 15.7. The van der Waals surface area contributed by atoms with Crippen molar-refractivity contribution < 1.29 is 0 Å². The zero-order chi connectivity index (χ0) is 30.6. The predicted octanol–water partition coefficient (Wildman–Crippen LogP) is 11.9. The summed E-state index contributed by atoms with van der Waals surface area (Å²) in [6.45, 7) is 4.32. The Labute approximate surface area is 267 Å². The molecular weight excluding hydrogens is 556 g/mol. The topological polar surface area (TPSA) is 9.86 Å². The van der Waals surface area contributed by atoms with Crippen LogP contribution in [0.1, 0.15) is 5.56 Å². The Balaban J connectivity index is 1.26. The van der Waals surface area contributed by atoms with E-state index in [1.807, 2.05) is 6.08 Å². The molecule has 2 nitrogen and oxygen atoms in total. The fourth-order valence-corrected chi connectivity index (χ4v) is 7.28. The highest BCUT2D eigenvalue weighted by Gasteiger charge is 2.17. The van der Waals surface area contributed by atoms with Gasteiger partial charge in [-0.25, -0.2) is 0 Å². The number of hydrogen-bond acceptors (Lipinski definition) is 0. The summed E-state index contributed by atoms with van der Waals surface area (Å²) in [5.41, 5.74) is 12.9. The zero-order valence-electron chi connectivity index (χ0n) is 25.3. The van der Waals surface area contributed by atoms with Crippen molar-refractivity contribution in [1.29, 1.82) is 0 Å². The second-order valence-electron chi connectivity index (χ2n) is 11.8. The van der Waals surface area contributed by atoms with Crippen molar-refractivity contribution in [2.24, 2.45) is 0 Å². The van der Waals surface area contributed by atoms with Gasteiger partial charge in [0.25, 0.3) is 0 Å². The molecule has 0 unspecified atom stereocenters. The van der Waals surface area contributed by atoms with E-state index in [4.69, 9.17) is 0 Å². The summed E-state index contributed by atoms with van der Waals surface area (Å²) in [5.74, 6) is 0. The van der Waals surface area contributed by atoms with Gasteiger partial charge >= 0.3 is 0 Å². The van der Waals surface area contributed by atoms with Crippen LogP contribution in [0.5, 0.6) is 0 Å². The molecule has 0 radical (unpaired) electrons. The Morgan fingerprint density at radius 1 is 0.370 bits per heavy atom. The molecule has 0 aliphatic rings. The molecule has 2 aromatic heterocycles. The highest BCUT2D eigenvalue weighted by atomic mass is 15.0. The minimum Gasteiger partial charge on any atom is -0.309 e. The number of para-hydroxylation sites is 4. The maximum Gasteiger partial charge on any atom is 0.0547 e. The lowest BCUT2D eigenvalue weighted by Crippen LogP contribution is -1.94. The summed E-state index contributed by atoms with van der Waals surface area (Å²) in [6, 6.07) is 59.0. The Morgan fingerprint density at radius 2 is 0.783 bits per heavy atom. The molecule has 0 N–H and O–H groups in total. The minimum atomic E-state index is 1.13. The molecule has 0 amide bonds. The quantitative estimate of drug-likeness (QED) is 0.190. The van der Waals surface area contributed by atoms with Gasteiger partial charge in [-0.1, -0.05) is 128 Å². The molecule has 0 atom stereocenters. The van der Waals surface area contributed by atoms with E-state index >= 15 is 0 Å². The molecule has 7 aromatic carbocycles. The average molecular weight is 587 g/mol. The molecule has 0 saturated carbocycles. The van der Waals surface area contributed by atoms with E-state index in [9.17, 15) is 0 Å². The number of rotatable bonds is 5. The summed E-state index contributed by atoms with van der Waals surface area (Å²) in [6.07, 6.45) is 2.01. The van der Waals surface area contributed by atoms with E-state index in [-0.39, 0.29) is 0 Å². The first kappa shape index (κ1) is 26.3. The van der Waals surface area contributed by atoms with E-state index in [1.54, 1.807) is 0 Å². The Hall–Kier alpha value is -6.12. The fourth-order valence-electron chi connectivity index (χ4n) is 7.28. The second-order valence-corrected chi connectivity index (χ2v) is 11.8. The van der Waals surface area contributed by atoms with Gasteiger partial charge in [-0.2, -0.15) is 0 Å². The van der Waals surface area contributed by atoms with Crippen molar-refractivity contribution in [2.75, 3.05) is 0 Å². The number of hydrogen-bond donors (Lipinski definition) is 0. The molecule has 9 aromatic rings. The lowest BCUT2D eigenvalue weighted by Gasteiger charge is -2.15. The molecule has 0 saturated heterocycles. The van der Waals surface area contributed by atoms with E-state index in [0.29, 0.717) is 0 Å². The summed E-state index contributed by atoms with van der Waals surface area (Å²) in [4.78, 5) is 0. The van der Waals surface area contributed by atoms with Crippen LogP contribution in [0.25, 0.3) is 83.3 Å². The van der Waals surface area contributed by atoms with Gasteiger partial charge in [0.2, 0.25) is 0 Å². The third-order valence-electron chi connectivity index (χ3n) is 9.31. The first-order valence-electron chi connectivity index (χ1n) is 15.7. The third-order valence-corrected chi connectivity index (χ3v) is 9.31. The highest BCUT2D eigenvalue weighted by molar-refractivity contribution is 6.12. The largest absolute Gasteiger partial charge is 0.309 e.